The Balaban J connectivity index is 1.60. The summed E-state index contributed by atoms with van der Waals surface area (Å²) in [6.45, 7) is 5.84. The molecule has 3 heterocycles. The van der Waals surface area contributed by atoms with E-state index in [4.69, 9.17) is 10.3 Å². The van der Waals surface area contributed by atoms with Gasteiger partial charge in [0, 0.05) is 23.1 Å². The van der Waals surface area contributed by atoms with Crippen molar-refractivity contribution in [3.8, 4) is 0 Å². The van der Waals surface area contributed by atoms with Crippen molar-refractivity contribution >= 4 is 50.9 Å². The zero-order chi connectivity index (χ0) is 17.3. The number of hydrogen-bond donors (Lipinski definition) is 2. The lowest BCUT2D eigenvalue weighted by molar-refractivity contribution is -0.115. The largest absolute Gasteiger partial charge is 0.383 e. The Morgan fingerprint density at radius 1 is 1.38 bits per heavy atom. The maximum atomic E-state index is 11.9. The lowest BCUT2D eigenvalue weighted by atomic mass is 10.2. The van der Waals surface area contributed by atoms with Crippen LogP contribution >= 0.6 is 23.1 Å². The minimum absolute atomic E-state index is 0.132. The number of hydrogen-bond acceptors (Lipinski definition) is 8. The Morgan fingerprint density at radius 3 is 2.88 bits per heavy atom. The highest BCUT2D eigenvalue weighted by molar-refractivity contribution is 7.99. The number of nitrogen functional groups attached to an aromatic ring is 1. The standard InChI is InChI=1S/C15H17N5O2S2/c1-7-6-10(20-22-7)17-11(21)4-5-23-15-18-13(16)12-8(2)9(3)24-14(12)19-15/h6H,4-5H2,1-3H3,(H2,16,18,19)(H,17,20,21). The Kier molecular flexibility index (Phi) is 4.72. The summed E-state index contributed by atoms with van der Waals surface area (Å²) in [6.07, 6.45) is 0.320. The molecule has 0 atom stereocenters. The van der Waals surface area contributed by atoms with Crippen molar-refractivity contribution in [1.82, 2.24) is 15.1 Å². The van der Waals surface area contributed by atoms with Gasteiger partial charge in [0.1, 0.15) is 16.4 Å². The van der Waals surface area contributed by atoms with Crippen LogP contribution in [0, 0.1) is 20.8 Å². The fraction of sp³-hybridized carbons (Fsp3) is 0.333. The Hall–Kier alpha value is -2.13. The van der Waals surface area contributed by atoms with Crippen molar-refractivity contribution in [2.24, 2.45) is 0 Å². The van der Waals surface area contributed by atoms with Gasteiger partial charge in [0.05, 0.1) is 5.39 Å². The molecule has 0 saturated heterocycles. The van der Waals surface area contributed by atoms with Crippen LogP contribution in [0.2, 0.25) is 0 Å². The van der Waals surface area contributed by atoms with Crippen LogP contribution < -0.4 is 11.1 Å². The topological polar surface area (TPSA) is 107 Å². The van der Waals surface area contributed by atoms with E-state index in [-0.39, 0.29) is 5.91 Å². The molecule has 0 aromatic carbocycles. The first-order valence-electron chi connectivity index (χ1n) is 7.33. The molecule has 3 rings (SSSR count). The molecule has 3 N–H and O–H groups in total. The predicted molar refractivity (Wildman–Crippen MR) is 96.5 cm³/mol. The first-order chi connectivity index (χ1) is 11.4. The molecule has 0 bridgehead atoms. The number of thioether (sulfide) groups is 1. The number of rotatable bonds is 5. The van der Waals surface area contributed by atoms with Gasteiger partial charge in [-0.3, -0.25) is 4.79 Å². The number of nitrogens with one attached hydrogen (secondary N) is 1. The summed E-state index contributed by atoms with van der Waals surface area (Å²) in [5, 5.41) is 7.93. The van der Waals surface area contributed by atoms with E-state index in [1.165, 1.54) is 16.6 Å². The minimum atomic E-state index is -0.132. The summed E-state index contributed by atoms with van der Waals surface area (Å²) in [6, 6.07) is 1.67. The lowest BCUT2D eigenvalue weighted by Gasteiger charge is -2.03. The van der Waals surface area contributed by atoms with Gasteiger partial charge in [-0.15, -0.1) is 11.3 Å². The van der Waals surface area contributed by atoms with Gasteiger partial charge in [-0.1, -0.05) is 16.9 Å². The molecule has 0 saturated carbocycles. The molecule has 0 aliphatic carbocycles. The monoisotopic (exact) mass is 363 g/mol. The number of aromatic nitrogens is 3. The molecule has 7 nitrogen and oxygen atoms in total. The highest BCUT2D eigenvalue weighted by Gasteiger charge is 2.13. The molecule has 0 radical (unpaired) electrons. The van der Waals surface area contributed by atoms with E-state index in [0.717, 1.165) is 15.8 Å². The highest BCUT2D eigenvalue weighted by atomic mass is 32.2. The quantitative estimate of drug-likeness (QED) is 0.529. The molecule has 3 aromatic rings. The first-order valence-corrected chi connectivity index (χ1v) is 9.13. The molecule has 0 aliphatic heterocycles. The number of nitrogens with two attached hydrogens (primary N) is 1. The number of anilines is 2. The van der Waals surface area contributed by atoms with E-state index in [0.29, 0.717) is 34.7 Å². The molecule has 0 unspecified atom stereocenters. The maximum absolute atomic E-state index is 11.9. The predicted octanol–water partition coefficient (Wildman–Crippen LogP) is 3.31. The number of aryl methyl sites for hydroxylation is 3. The fourth-order valence-corrected chi connectivity index (χ4v) is 4.07. The van der Waals surface area contributed by atoms with Crippen molar-refractivity contribution < 1.29 is 9.32 Å². The van der Waals surface area contributed by atoms with Crippen LogP contribution in [0.15, 0.2) is 15.7 Å². The summed E-state index contributed by atoms with van der Waals surface area (Å²) >= 11 is 3.02. The summed E-state index contributed by atoms with van der Waals surface area (Å²) < 4.78 is 4.90. The van der Waals surface area contributed by atoms with Crippen LogP contribution in [-0.4, -0.2) is 26.8 Å². The highest BCUT2D eigenvalue weighted by Crippen LogP contribution is 2.33. The first kappa shape index (κ1) is 16.7. The molecule has 9 heteroatoms. The zero-order valence-electron chi connectivity index (χ0n) is 13.5. The Morgan fingerprint density at radius 2 is 2.17 bits per heavy atom. The molecule has 3 aromatic heterocycles. The zero-order valence-corrected chi connectivity index (χ0v) is 15.2. The van der Waals surface area contributed by atoms with Gasteiger partial charge in [0.25, 0.3) is 0 Å². The molecule has 0 aliphatic rings. The van der Waals surface area contributed by atoms with Crippen LogP contribution in [0.1, 0.15) is 22.6 Å². The number of carbonyl (C=O) groups is 1. The van der Waals surface area contributed by atoms with E-state index in [2.05, 4.69) is 20.4 Å². The van der Waals surface area contributed by atoms with Crippen LogP contribution in [-0.2, 0) is 4.79 Å². The van der Waals surface area contributed by atoms with Crippen LogP contribution in [0.25, 0.3) is 10.2 Å². The second kappa shape index (κ2) is 6.78. The van der Waals surface area contributed by atoms with E-state index < -0.39 is 0 Å². The van der Waals surface area contributed by atoms with E-state index in [1.807, 2.05) is 13.8 Å². The van der Waals surface area contributed by atoms with Crippen molar-refractivity contribution in [2.45, 2.75) is 32.3 Å². The smallest absolute Gasteiger partial charge is 0.226 e. The van der Waals surface area contributed by atoms with Crippen molar-refractivity contribution in [2.75, 3.05) is 16.8 Å². The average Bonchev–Trinajstić information content (AvgIpc) is 3.03. The van der Waals surface area contributed by atoms with Gasteiger partial charge in [-0.05, 0) is 26.3 Å². The van der Waals surface area contributed by atoms with Gasteiger partial charge in [-0.2, -0.15) is 0 Å². The Bertz CT molecular complexity index is 903. The van der Waals surface area contributed by atoms with Crippen LogP contribution in [0.5, 0.6) is 0 Å². The summed E-state index contributed by atoms with van der Waals surface area (Å²) in [4.78, 5) is 22.8. The molecule has 1 amide bonds. The van der Waals surface area contributed by atoms with Crippen molar-refractivity contribution in [3.63, 3.8) is 0 Å². The number of nitrogens with zero attached hydrogens (tertiary/aromatic N) is 3. The van der Waals surface area contributed by atoms with Crippen LogP contribution in [0.3, 0.4) is 0 Å². The summed E-state index contributed by atoms with van der Waals surface area (Å²) in [5.41, 5.74) is 7.18. The summed E-state index contributed by atoms with van der Waals surface area (Å²) in [5.74, 6) is 1.99. The SMILES string of the molecule is Cc1cc(NC(=O)CCSc2nc(N)c3c(C)c(C)sc3n2)no1. The fourth-order valence-electron chi connectivity index (χ4n) is 2.19. The third-order valence-electron chi connectivity index (χ3n) is 3.49. The molecule has 0 fully saturated rings. The van der Waals surface area contributed by atoms with Gasteiger partial charge in [-0.25, -0.2) is 9.97 Å². The van der Waals surface area contributed by atoms with E-state index in [1.54, 1.807) is 24.3 Å². The van der Waals surface area contributed by atoms with Gasteiger partial charge >= 0.3 is 0 Å². The number of thiophene rings is 1. The lowest BCUT2D eigenvalue weighted by Crippen LogP contribution is -2.12. The van der Waals surface area contributed by atoms with Gasteiger partial charge in [0.15, 0.2) is 11.0 Å². The molecule has 0 spiro atoms. The second-order valence-corrected chi connectivity index (χ2v) is 7.59. The van der Waals surface area contributed by atoms with E-state index >= 15 is 0 Å². The average molecular weight is 363 g/mol. The minimum Gasteiger partial charge on any atom is -0.383 e. The van der Waals surface area contributed by atoms with Crippen LogP contribution in [0.4, 0.5) is 11.6 Å². The van der Waals surface area contributed by atoms with Crippen molar-refractivity contribution in [3.05, 3.63) is 22.3 Å². The van der Waals surface area contributed by atoms with Gasteiger partial charge < -0.3 is 15.6 Å². The number of carbonyl (C=O) groups excluding carboxylic acids is 1. The Labute approximate surface area is 147 Å². The third-order valence-corrected chi connectivity index (χ3v) is 5.44. The molecular formula is C15H17N5O2S2. The molecule has 24 heavy (non-hydrogen) atoms. The number of amides is 1. The van der Waals surface area contributed by atoms with Gasteiger partial charge in [0.2, 0.25) is 5.91 Å². The third kappa shape index (κ3) is 3.51. The maximum Gasteiger partial charge on any atom is 0.226 e. The summed E-state index contributed by atoms with van der Waals surface area (Å²) in [7, 11) is 0. The van der Waals surface area contributed by atoms with E-state index in [9.17, 15) is 4.79 Å². The second-order valence-electron chi connectivity index (χ2n) is 5.32. The van der Waals surface area contributed by atoms with Crippen molar-refractivity contribution in [1.29, 1.82) is 0 Å². The molecular weight excluding hydrogens is 346 g/mol. The normalized spacial score (nSPS) is 11.1. The number of fused-ring (bicyclic) bond motifs is 1. The molecule has 126 valence electrons.